The summed E-state index contributed by atoms with van der Waals surface area (Å²) in [6.07, 6.45) is 2.11. The first kappa shape index (κ1) is 13.8. The molecule has 3 nitrogen and oxygen atoms in total. The van der Waals surface area contributed by atoms with E-state index in [9.17, 15) is 4.79 Å². The van der Waals surface area contributed by atoms with Crippen molar-refractivity contribution in [1.29, 1.82) is 0 Å². The van der Waals surface area contributed by atoms with Gasteiger partial charge in [-0.05, 0) is 36.9 Å². The van der Waals surface area contributed by atoms with Gasteiger partial charge in [0.15, 0.2) is 0 Å². The molecule has 0 spiro atoms. The van der Waals surface area contributed by atoms with Gasteiger partial charge in [0, 0.05) is 18.7 Å². The number of hydrogen-bond donors (Lipinski definition) is 1. The minimum absolute atomic E-state index is 0.0931. The maximum atomic E-state index is 12.0. The number of rotatable bonds is 6. The van der Waals surface area contributed by atoms with Crippen molar-refractivity contribution in [2.24, 2.45) is 0 Å². The van der Waals surface area contributed by atoms with Crippen LogP contribution in [0.5, 0.6) is 0 Å². The van der Waals surface area contributed by atoms with Crippen LogP contribution in [0.3, 0.4) is 0 Å². The van der Waals surface area contributed by atoms with Crippen molar-refractivity contribution >= 4 is 10.9 Å². The van der Waals surface area contributed by atoms with E-state index in [1.807, 2.05) is 34.9 Å². The maximum Gasteiger partial charge on any atom is 0.251 e. The molecule has 0 bridgehead atoms. The van der Waals surface area contributed by atoms with Gasteiger partial charge >= 0.3 is 0 Å². The van der Waals surface area contributed by atoms with Crippen molar-refractivity contribution in [1.82, 2.24) is 9.88 Å². The van der Waals surface area contributed by atoms with E-state index in [2.05, 4.69) is 19.2 Å². The summed E-state index contributed by atoms with van der Waals surface area (Å²) in [7, 11) is 0. The Bertz CT molecular complexity index is 587. The van der Waals surface area contributed by atoms with Crippen LogP contribution in [0, 0.1) is 0 Å². The summed E-state index contributed by atoms with van der Waals surface area (Å²) in [6, 6.07) is 12.1. The van der Waals surface area contributed by atoms with Crippen molar-refractivity contribution < 1.29 is 0 Å². The molecule has 0 atom stereocenters. The second kappa shape index (κ2) is 6.53. The lowest BCUT2D eigenvalue weighted by molar-refractivity contribution is 0.532. The number of nitrogens with zero attached hydrogens (tertiary/aromatic N) is 1. The van der Waals surface area contributed by atoms with Crippen LogP contribution >= 0.6 is 0 Å². The zero-order chi connectivity index (χ0) is 13.7. The second-order valence-corrected chi connectivity index (χ2v) is 5.20. The molecule has 0 unspecified atom stereocenters. The molecule has 0 aliphatic carbocycles. The van der Waals surface area contributed by atoms with E-state index in [1.54, 1.807) is 6.07 Å². The molecule has 1 heterocycles. The number of pyridine rings is 1. The molecule has 0 amide bonds. The Morgan fingerprint density at radius 3 is 2.68 bits per heavy atom. The fraction of sp³-hybridized carbons (Fsp3) is 0.438. The molecule has 19 heavy (non-hydrogen) atoms. The average Bonchev–Trinajstić information content (AvgIpc) is 2.40. The molecule has 0 saturated heterocycles. The van der Waals surface area contributed by atoms with Crippen LogP contribution < -0.4 is 10.9 Å². The van der Waals surface area contributed by atoms with Gasteiger partial charge in [0.2, 0.25) is 0 Å². The molecule has 0 aliphatic rings. The number of para-hydroxylation sites is 1. The maximum absolute atomic E-state index is 12.0. The number of benzene rings is 1. The van der Waals surface area contributed by atoms with Gasteiger partial charge in [-0.1, -0.05) is 32.0 Å². The topological polar surface area (TPSA) is 34.0 Å². The van der Waals surface area contributed by atoms with E-state index in [0.29, 0.717) is 6.04 Å². The van der Waals surface area contributed by atoms with Crippen molar-refractivity contribution in [2.45, 2.75) is 39.3 Å². The van der Waals surface area contributed by atoms with Gasteiger partial charge in [-0.25, -0.2) is 0 Å². The van der Waals surface area contributed by atoms with Gasteiger partial charge in [0.05, 0.1) is 5.52 Å². The van der Waals surface area contributed by atoms with Gasteiger partial charge in [0.25, 0.3) is 5.56 Å². The minimum atomic E-state index is 0.0931. The molecule has 1 aromatic carbocycles. The predicted octanol–water partition coefficient (Wildman–Crippen LogP) is 2.78. The zero-order valence-electron chi connectivity index (χ0n) is 11.7. The molecular formula is C16H22N2O. The highest BCUT2D eigenvalue weighted by molar-refractivity contribution is 5.78. The second-order valence-electron chi connectivity index (χ2n) is 5.20. The summed E-state index contributed by atoms with van der Waals surface area (Å²) in [5.41, 5.74) is 1.13. The number of hydrogen-bond acceptors (Lipinski definition) is 2. The normalized spacial score (nSPS) is 11.3. The minimum Gasteiger partial charge on any atom is -0.315 e. The standard InChI is InChI=1S/C16H22N2O/c1-13(2)17-11-5-6-12-18-15-8-4-3-7-14(15)9-10-16(18)19/h3-4,7-10,13,17H,5-6,11-12H2,1-2H3. The number of aromatic nitrogens is 1. The van der Waals surface area contributed by atoms with Crippen LogP contribution in [0.2, 0.25) is 0 Å². The van der Waals surface area contributed by atoms with Crippen molar-refractivity contribution in [3.8, 4) is 0 Å². The van der Waals surface area contributed by atoms with Crippen molar-refractivity contribution in [3.05, 3.63) is 46.8 Å². The molecule has 0 aliphatic heterocycles. The number of unbranched alkanes of at least 4 members (excludes halogenated alkanes) is 1. The summed E-state index contributed by atoms with van der Waals surface area (Å²) < 4.78 is 1.88. The summed E-state index contributed by atoms with van der Waals surface area (Å²) in [5, 5.41) is 4.52. The van der Waals surface area contributed by atoms with Crippen molar-refractivity contribution in [3.63, 3.8) is 0 Å². The molecule has 2 aromatic rings. The Balaban J connectivity index is 2.04. The largest absolute Gasteiger partial charge is 0.315 e. The monoisotopic (exact) mass is 258 g/mol. The lowest BCUT2D eigenvalue weighted by atomic mass is 10.2. The van der Waals surface area contributed by atoms with Crippen LogP contribution in [0.1, 0.15) is 26.7 Å². The number of fused-ring (bicyclic) bond motifs is 1. The molecule has 102 valence electrons. The smallest absolute Gasteiger partial charge is 0.251 e. The zero-order valence-corrected chi connectivity index (χ0v) is 11.7. The van der Waals surface area contributed by atoms with E-state index >= 15 is 0 Å². The fourth-order valence-electron chi connectivity index (χ4n) is 2.26. The average molecular weight is 258 g/mol. The first-order chi connectivity index (χ1) is 9.18. The number of aryl methyl sites for hydroxylation is 1. The Labute approximate surface area is 114 Å². The first-order valence-corrected chi connectivity index (χ1v) is 7.00. The number of nitrogens with one attached hydrogen (secondary N) is 1. The Kier molecular flexibility index (Phi) is 4.74. The molecule has 1 N–H and O–H groups in total. The van der Waals surface area contributed by atoms with Crippen LogP contribution in [-0.4, -0.2) is 17.2 Å². The van der Waals surface area contributed by atoms with Gasteiger partial charge in [-0.2, -0.15) is 0 Å². The van der Waals surface area contributed by atoms with Crippen LogP contribution in [0.25, 0.3) is 10.9 Å². The SMILES string of the molecule is CC(C)NCCCCn1c(=O)ccc2ccccc21. The molecule has 1 aromatic heterocycles. The molecule has 0 saturated carbocycles. The quantitative estimate of drug-likeness (QED) is 0.808. The Hall–Kier alpha value is -1.61. The lowest BCUT2D eigenvalue weighted by Gasteiger charge is -2.11. The van der Waals surface area contributed by atoms with E-state index in [4.69, 9.17) is 0 Å². The van der Waals surface area contributed by atoms with E-state index < -0.39 is 0 Å². The van der Waals surface area contributed by atoms with Gasteiger partial charge in [-0.15, -0.1) is 0 Å². The van der Waals surface area contributed by atoms with Crippen LogP contribution in [0.4, 0.5) is 0 Å². The van der Waals surface area contributed by atoms with Gasteiger partial charge in [-0.3, -0.25) is 4.79 Å². The van der Waals surface area contributed by atoms with Crippen molar-refractivity contribution in [2.75, 3.05) is 6.54 Å². The highest BCUT2D eigenvalue weighted by Gasteiger charge is 2.02. The highest BCUT2D eigenvalue weighted by Crippen LogP contribution is 2.11. The summed E-state index contributed by atoms with van der Waals surface area (Å²) in [4.78, 5) is 12.0. The fourth-order valence-corrected chi connectivity index (χ4v) is 2.26. The first-order valence-electron chi connectivity index (χ1n) is 7.00. The van der Waals surface area contributed by atoms with Crippen LogP contribution in [0.15, 0.2) is 41.2 Å². The molecule has 0 radical (unpaired) electrons. The van der Waals surface area contributed by atoms with E-state index in [0.717, 1.165) is 36.8 Å². The van der Waals surface area contributed by atoms with Gasteiger partial charge in [0.1, 0.15) is 0 Å². The van der Waals surface area contributed by atoms with E-state index in [1.165, 1.54) is 0 Å². The molecular weight excluding hydrogens is 236 g/mol. The molecule has 2 rings (SSSR count). The summed E-state index contributed by atoms with van der Waals surface area (Å²) in [5.74, 6) is 0. The third kappa shape index (κ3) is 3.67. The molecule has 0 fully saturated rings. The summed E-state index contributed by atoms with van der Waals surface area (Å²) >= 11 is 0. The Morgan fingerprint density at radius 1 is 1.11 bits per heavy atom. The van der Waals surface area contributed by atoms with Crippen LogP contribution in [-0.2, 0) is 6.54 Å². The highest BCUT2D eigenvalue weighted by atomic mass is 16.1. The summed E-state index contributed by atoms with van der Waals surface area (Å²) in [6.45, 7) is 6.10. The predicted molar refractivity (Wildman–Crippen MR) is 80.6 cm³/mol. The lowest BCUT2D eigenvalue weighted by Crippen LogP contribution is -2.24. The Morgan fingerprint density at radius 2 is 1.89 bits per heavy atom. The van der Waals surface area contributed by atoms with E-state index in [-0.39, 0.29) is 5.56 Å². The molecule has 3 heteroatoms. The third-order valence-electron chi connectivity index (χ3n) is 3.26. The third-order valence-corrected chi connectivity index (χ3v) is 3.26. The van der Waals surface area contributed by atoms with Gasteiger partial charge < -0.3 is 9.88 Å².